The van der Waals surface area contributed by atoms with Gasteiger partial charge in [0, 0.05) is 22.5 Å². The highest BCUT2D eigenvalue weighted by Gasteiger charge is 2.37. The van der Waals surface area contributed by atoms with Gasteiger partial charge in [0.25, 0.3) is 0 Å². The number of ether oxygens (including phenoxy) is 1. The van der Waals surface area contributed by atoms with Crippen LogP contribution in [0.25, 0.3) is 10.9 Å². The molecule has 0 saturated heterocycles. The van der Waals surface area contributed by atoms with Crippen LogP contribution in [0.4, 0.5) is 5.69 Å². The molecule has 2 saturated carbocycles. The summed E-state index contributed by atoms with van der Waals surface area (Å²) in [6.45, 7) is 4.11. The van der Waals surface area contributed by atoms with Crippen molar-refractivity contribution < 1.29 is 14.6 Å². The van der Waals surface area contributed by atoms with E-state index < -0.39 is 5.41 Å². The van der Waals surface area contributed by atoms with E-state index in [4.69, 9.17) is 4.74 Å². The number of aliphatic hydroxyl groups is 1. The van der Waals surface area contributed by atoms with Gasteiger partial charge in [0.15, 0.2) is 0 Å². The monoisotopic (exact) mass is 432 g/mol. The van der Waals surface area contributed by atoms with E-state index in [1.807, 2.05) is 31.3 Å². The molecule has 2 fully saturated rings. The summed E-state index contributed by atoms with van der Waals surface area (Å²) in [4.78, 5) is 16.3. The standard InChI is InChI=1S/C27H32N2O3/c1-17-3-5-18(6-4-17)19-13-22(14-19)32-21-7-8-24-23(15-21)25(16-28-24)29-26(31)27(2)11-9-20(30)10-12-27/h3-8,15-16,19-20,22,28,30H,9-14H2,1-2H3,(H,29,31). The number of benzene rings is 2. The number of anilines is 1. The number of aryl methyl sites for hydroxylation is 1. The lowest BCUT2D eigenvalue weighted by Gasteiger charge is -2.35. The second-order valence-electron chi connectivity index (χ2n) is 9.97. The highest BCUT2D eigenvalue weighted by atomic mass is 16.5. The van der Waals surface area contributed by atoms with Gasteiger partial charge in [0.1, 0.15) is 5.75 Å². The SMILES string of the molecule is Cc1ccc(C2CC(Oc3ccc4[nH]cc(NC(=O)C5(C)CCC(O)CC5)c4c3)C2)cc1. The fourth-order valence-corrected chi connectivity index (χ4v) is 4.98. The molecule has 0 unspecified atom stereocenters. The highest BCUT2D eigenvalue weighted by molar-refractivity contribution is 6.03. The Balaban J connectivity index is 1.24. The first-order valence-electron chi connectivity index (χ1n) is 11.7. The van der Waals surface area contributed by atoms with Crippen molar-refractivity contribution in [3.05, 3.63) is 59.8 Å². The fraction of sp³-hybridized carbons (Fsp3) is 0.444. The van der Waals surface area contributed by atoms with E-state index in [1.165, 1.54) is 11.1 Å². The van der Waals surface area contributed by atoms with Crippen LogP contribution in [0.1, 0.15) is 62.5 Å². The molecule has 2 aromatic carbocycles. The van der Waals surface area contributed by atoms with Gasteiger partial charge in [-0.25, -0.2) is 0 Å². The summed E-state index contributed by atoms with van der Waals surface area (Å²) in [6, 6.07) is 14.8. The largest absolute Gasteiger partial charge is 0.490 e. The second-order valence-corrected chi connectivity index (χ2v) is 9.97. The summed E-state index contributed by atoms with van der Waals surface area (Å²) in [7, 11) is 0. The number of aromatic amines is 1. The maximum absolute atomic E-state index is 13.0. The van der Waals surface area contributed by atoms with Gasteiger partial charge in [-0.05, 0) is 75.1 Å². The second kappa shape index (κ2) is 8.28. The summed E-state index contributed by atoms with van der Waals surface area (Å²) in [5.74, 6) is 1.43. The Morgan fingerprint density at radius 2 is 1.84 bits per heavy atom. The van der Waals surface area contributed by atoms with Gasteiger partial charge >= 0.3 is 0 Å². The minimum absolute atomic E-state index is 0.0246. The van der Waals surface area contributed by atoms with E-state index in [-0.39, 0.29) is 18.1 Å². The van der Waals surface area contributed by atoms with Crippen LogP contribution in [-0.2, 0) is 4.79 Å². The molecule has 3 N–H and O–H groups in total. The van der Waals surface area contributed by atoms with E-state index in [0.29, 0.717) is 31.6 Å². The maximum Gasteiger partial charge on any atom is 0.230 e. The third-order valence-corrected chi connectivity index (χ3v) is 7.45. The van der Waals surface area contributed by atoms with Crippen LogP contribution in [0.2, 0.25) is 0 Å². The smallest absolute Gasteiger partial charge is 0.230 e. The van der Waals surface area contributed by atoms with Gasteiger partial charge < -0.3 is 20.1 Å². The predicted molar refractivity (Wildman–Crippen MR) is 127 cm³/mol. The topological polar surface area (TPSA) is 74.3 Å². The van der Waals surface area contributed by atoms with Gasteiger partial charge in [-0.1, -0.05) is 36.8 Å². The van der Waals surface area contributed by atoms with E-state index in [2.05, 4.69) is 41.5 Å². The Labute approximate surface area is 189 Å². The summed E-state index contributed by atoms with van der Waals surface area (Å²) < 4.78 is 6.26. The van der Waals surface area contributed by atoms with E-state index >= 15 is 0 Å². The minimum atomic E-state index is -0.437. The number of amides is 1. The number of aliphatic hydroxyl groups excluding tert-OH is 1. The van der Waals surface area contributed by atoms with Crippen LogP contribution in [0, 0.1) is 12.3 Å². The predicted octanol–water partition coefficient (Wildman–Crippen LogP) is 5.68. The van der Waals surface area contributed by atoms with Crippen molar-refractivity contribution in [1.82, 2.24) is 4.98 Å². The summed E-state index contributed by atoms with van der Waals surface area (Å²) in [5.41, 5.74) is 4.01. The van der Waals surface area contributed by atoms with Gasteiger partial charge in [0.05, 0.1) is 17.9 Å². The average Bonchev–Trinajstić information content (AvgIpc) is 3.15. The molecule has 2 aliphatic carbocycles. The lowest BCUT2D eigenvalue weighted by atomic mass is 9.74. The third kappa shape index (κ3) is 4.14. The molecule has 0 atom stereocenters. The normalized spacial score (nSPS) is 27.7. The van der Waals surface area contributed by atoms with Crippen molar-refractivity contribution >= 4 is 22.5 Å². The molecule has 5 nitrogen and oxygen atoms in total. The molecule has 1 aromatic heterocycles. The summed E-state index contributed by atoms with van der Waals surface area (Å²) in [5, 5.41) is 13.9. The zero-order valence-electron chi connectivity index (χ0n) is 18.9. The van der Waals surface area contributed by atoms with E-state index in [1.54, 1.807) is 0 Å². The molecule has 0 bridgehead atoms. The number of aromatic nitrogens is 1. The number of hydrogen-bond donors (Lipinski definition) is 3. The molecule has 1 amide bonds. The van der Waals surface area contributed by atoms with Gasteiger partial charge in [-0.3, -0.25) is 4.79 Å². The Morgan fingerprint density at radius 3 is 2.56 bits per heavy atom. The number of carbonyl (C=O) groups is 1. The summed E-state index contributed by atoms with van der Waals surface area (Å²) in [6.07, 6.45) is 6.64. The lowest BCUT2D eigenvalue weighted by molar-refractivity contribution is -0.127. The maximum atomic E-state index is 13.0. The molecule has 168 valence electrons. The first-order valence-corrected chi connectivity index (χ1v) is 11.7. The zero-order valence-corrected chi connectivity index (χ0v) is 18.9. The van der Waals surface area contributed by atoms with Crippen LogP contribution >= 0.6 is 0 Å². The van der Waals surface area contributed by atoms with Crippen LogP contribution in [0.15, 0.2) is 48.7 Å². The molecular weight excluding hydrogens is 400 g/mol. The number of fused-ring (bicyclic) bond motifs is 1. The van der Waals surface area contributed by atoms with Gasteiger partial charge in [0.2, 0.25) is 5.91 Å². The number of H-pyrrole nitrogens is 1. The van der Waals surface area contributed by atoms with Gasteiger partial charge in [-0.15, -0.1) is 0 Å². The molecule has 1 heterocycles. The molecule has 0 spiro atoms. The number of nitrogens with one attached hydrogen (secondary N) is 2. The molecular formula is C27H32N2O3. The van der Waals surface area contributed by atoms with Crippen molar-refractivity contribution in [2.75, 3.05) is 5.32 Å². The minimum Gasteiger partial charge on any atom is -0.490 e. The highest BCUT2D eigenvalue weighted by Crippen LogP contribution is 2.41. The van der Waals surface area contributed by atoms with Crippen molar-refractivity contribution in [2.45, 2.75) is 70.5 Å². The molecule has 0 radical (unpaired) electrons. The lowest BCUT2D eigenvalue weighted by Crippen LogP contribution is -2.38. The first-order chi connectivity index (χ1) is 15.4. The van der Waals surface area contributed by atoms with Crippen molar-refractivity contribution in [3.63, 3.8) is 0 Å². The average molecular weight is 433 g/mol. The van der Waals surface area contributed by atoms with E-state index in [9.17, 15) is 9.90 Å². The molecule has 5 rings (SSSR count). The van der Waals surface area contributed by atoms with Crippen molar-refractivity contribution in [2.24, 2.45) is 5.41 Å². The van der Waals surface area contributed by atoms with Crippen LogP contribution in [0.5, 0.6) is 5.75 Å². The molecule has 2 aliphatic rings. The summed E-state index contributed by atoms with van der Waals surface area (Å²) >= 11 is 0. The van der Waals surface area contributed by atoms with Crippen LogP contribution < -0.4 is 10.1 Å². The number of rotatable bonds is 5. The van der Waals surface area contributed by atoms with Crippen molar-refractivity contribution in [3.8, 4) is 5.75 Å². The molecule has 0 aliphatic heterocycles. The Bertz CT molecular complexity index is 1100. The Hall–Kier alpha value is -2.79. The third-order valence-electron chi connectivity index (χ3n) is 7.45. The van der Waals surface area contributed by atoms with Crippen molar-refractivity contribution in [1.29, 1.82) is 0 Å². The molecule has 3 aromatic rings. The first kappa shape index (κ1) is 21.1. The van der Waals surface area contributed by atoms with Gasteiger partial charge in [-0.2, -0.15) is 0 Å². The Morgan fingerprint density at radius 1 is 1.12 bits per heavy atom. The zero-order chi connectivity index (χ0) is 22.3. The quantitative estimate of drug-likeness (QED) is 0.485. The molecule has 5 heteroatoms. The number of carbonyl (C=O) groups excluding carboxylic acids is 1. The molecule has 32 heavy (non-hydrogen) atoms. The van der Waals surface area contributed by atoms with Crippen LogP contribution in [0.3, 0.4) is 0 Å². The number of hydrogen-bond acceptors (Lipinski definition) is 3. The fourth-order valence-electron chi connectivity index (χ4n) is 4.98. The van der Waals surface area contributed by atoms with E-state index in [0.717, 1.165) is 35.2 Å². The Kier molecular flexibility index (Phi) is 5.46. The van der Waals surface area contributed by atoms with Crippen LogP contribution in [-0.4, -0.2) is 28.2 Å².